The van der Waals surface area contributed by atoms with E-state index in [-0.39, 0.29) is 17.9 Å². The van der Waals surface area contributed by atoms with Gasteiger partial charge in [0.25, 0.3) is 0 Å². The molecule has 4 N–H and O–H groups in total. The number of carbonyl (C=O) groups is 1. The summed E-state index contributed by atoms with van der Waals surface area (Å²) in [5, 5.41) is 6.79. The summed E-state index contributed by atoms with van der Waals surface area (Å²) in [5.74, 6) is 1.78. The van der Waals surface area contributed by atoms with E-state index in [1.807, 2.05) is 18.2 Å². The number of carbonyl (C=O) groups excluding carboxylic acids is 1. The van der Waals surface area contributed by atoms with Gasteiger partial charge in [0.15, 0.2) is 0 Å². The highest BCUT2D eigenvalue weighted by molar-refractivity contribution is 6.33. The molecule has 6 nitrogen and oxygen atoms in total. The van der Waals surface area contributed by atoms with Crippen LogP contribution in [0, 0.1) is 11.8 Å². The fourth-order valence-electron chi connectivity index (χ4n) is 3.74. The van der Waals surface area contributed by atoms with Crippen molar-refractivity contribution in [1.82, 2.24) is 9.97 Å². The maximum absolute atomic E-state index is 12.5. The van der Waals surface area contributed by atoms with Crippen LogP contribution < -0.4 is 16.4 Å². The van der Waals surface area contributed by atoms with Crippen molar-refractivity contribution < 1.29 is 4.79 Å². The first-order valence-corrected chi connectivity index (χ1v) is 10.8. The normalized spacial score (nSPS) is 19.7. The van der Waals surface area contributed by atoms with E-state index in [4.69, 9.17) is 22.3 Å². The lowest BCUT2D eigenvalue weighted by atomic mass is 10.1. The first kappa shape index (κ1) is 21.5. The number of hydrogen-bond acceptors (Lipinski definition) is 5. The van der Waals surface area contributed by atoms with Gasteiger partial charge in [-0.05, 0) is 49.8 Å². The predicted octanol–water partition coefficient (Wildman–Crippen LogP) is 4.71. The lowest BCUT2D eigenvalue weighted by molar-refractivity contribution is -0.119. The monoisotopic (exact) mass is 415 g/mol. The lowest BCUT2D eigenvalue weighted by Gasteiger charge is -2.14. The van der Waals surface area contributed by atoms with Crippen molar-refractivity contribution >= 4 is 29.1 Å². The van der Waals surface area contributed by atoms with E-state index >= 15 is 0 Å². The molecule has 2 aromatic heterocycles. The van der Waals surface area contributed by atoms with Gasteiger partial charge < -0.3 is 16.4 Å². The first-order valence-electron chi connectivity index (χ1n) is 10.4. The molecule has 3 unspecified atom stereocenters. The Morgan fingerprint density at radius 3 is 2.90 bits per heavy atom. The van der Waals surface area contributed by atoms with Crippen LogP contribution in [0.1, 0.15) is 46.0 Å². The predicted molar refractivity (Wildman–Crippen MR) is 119 cm³/mol. The zero-order valence-corrected chi connectivity index (χ0v) is 17.9. The Bertz CT molecular complexity index is 844. The van der Waals surface area contributed by atoms with Crippen LogP contribution in [-0.2, 0) is 4.79 Å². The number of rotatable bonds is 8. The van der Waals surface area contributed by atoms with Crippen molar-refractivity contribution in [1.29, 1.82) is 0 Å². The van der Waals surface area contributed by atoms with Gasteiger partial charge in [0.1, 0.15) is 11.6 Å². The number of nitrogens with zero attached hydrogens (tertiary/aromatic N) is 2. The molecule has 3 atom stereocenters. The van der Waals surface area contributed by atoms with Crippen LogP contribution in [0.3, 0.4) is 0 Å². The van der Waals surface area contributed by atoms with Crippen LogP contribution in [0.25, 0.3) is 11.3 Å². The molecule has 0 aromatic carbocycles. The molecule has 0 saturated heterocycles. The zero-order valence-electron chi connectivity index (χ0n) is 17.1. The van der Waals surface area contributed by atoms with Crippen LogP contribution in [0.15, 0.2) is 30.5 Å². The standard InChI is InChI=1S/C22H30ClN5O/c1-3-5-14(2)12-25-20-7-4-6-19(27-20)17-11-21(26-13-18(17)23)28-22(29)15-8-9-16(24)10-15/h4,6-7,11,13-16H,3,5,8-10,12,24H2,1-2H3,(H,25,27)(H,26,28,29). The summed E-state index contributed by atoms with van der Waals surface area (Å²) in [6, 6.07) is 7.69. The summed E-state index contributed by atoms with van der Waals surface area (Å²) in [6.07, 6.45) is 6.33. The maximum Gasteiger partial charge on any atom is 0.228 e. The lowest BCUT2D eigenvalue weighted by Crippen LogP contribution is -2.23. The van der Waals surface area contributed by atoms with Crippen molar-refractivity contribution in [3.8, 4) is 11.3 Å². The Labute approximate surface area is 177 Å². The molecule has 2 heterocycles. The second-order valence-corrected chi connectivity index (χ2v) is 8.40. The second-order valence-electron chi connectivity index (χ2n) is 7.99. The quantitative estimate of drug-likeness (QED) is 0.580. The van der Waals surface area contributed by atoms with Crippen molar-refractivity contribution in [2.45, 2.75) is 52.0 Å². The van der Waals surface area contributed by atoms with E-state index in [1.54, 1.807) is 12.3 Å². The minimum atomic E-state index is -0.0540. The van der Waals surface area contributed by atoms with E-state index in [0.29, 0.717) is 16.8 Å². The number of amides is 1. The molecule has 156 valence electrons. The summed E-state index contributed by atoms with van der Waals surface area (Å²) in [5.41, 5.74) is 7.40. The Balaban J connectivity index is 1.72. The highest BCUT2D eigenvalue weighted by Crippen LogP contribution is 2.30. The zero-order chi connectivity index (χ0) is 20.8. The molecule has 0 bridgehead atoms. The fraction of sp³-hybridized carbons (Fsp3) is 0.500. The summed E-state index contributed by atoms with van der Waals surface area (Å²) >= 11 is 6.38. The Hall–Kier alpha value is -2.18. The molecule has 1 amide bonds. The molecular weight excluding hydrogens is 386 g/mol. The molecule has 7 heteroatoms. The maximum atomic E-state index is 12.5. The van der Waals surface area contributed by atoms with Gasteiger partial charge in [-0.25, -0.2) is 9.97 Å². The largest absolute Gasteiger partial charge is 0.370 e. The van der Waals surface area contributed by atoms with Gasteiger partial charge in [0.05, 0.1) is 10.7 Å². The smallest absolute Gasteiger partial charge is 0.228 e. The third-order valence-electron chi connectivity index (χ3n) is 5.39. The fourth-order valence-corrected chi connectivity index (χ4v) is 3.94. The van der Waals surface area contributed by atoms with Gasteiger partial charge in [-0.3, -0.25) is 4.79 Å². The minimum absolute atomic E-state index is 0.0352. The van der Waals surface area contributed by atoms with Crippen LogP contribution in [0.4, 0.5) is 11.6 Å². The van der Waals surface area contributed by atoms with E-state index in [0.717, 1.165) is 42.9 Å². The van der Waals surface area contributed by atoms with E-state index in [2.05, 4.69) is 29.5 Å². The number of nitrogens with two attached hydrogens (primary N) is 1. The number of halogens is 1. The van der Waals surface area contributed by atoms with E-state index < -0.39 is 0 Å². The van der Waals surface area contributed by atoms with Gasteiger partial charge in [-0.2, -0.15) is 0 Å². The van der Waals surface area contributed by atoms with Gasteiger partial charge in [0, 0.05) is 30.3 Å². The van der Waals surface area contributed by atoms with Crippen LogP contribution >= 0.6 is 11.6 Å². The molecule has 1 saturated carbocycles. The molecule has 29 heavy (non-hydrogen) atoms. The van der Waals surface area contributed by atoms with Crippen molar-refractivity contribution in [2.24, 2.45) is 17.6 Å². The molecule has 1 fully saturated rings. The van der Waals surface area contributed by atoms with Gasteiger partial charge in [0.2, 0.25) is 5.91 Å². The van der Waals surface area contributed by atoms with Crippen LogP contribution in [-0.4, -0.2) is 28.5 Å². The molecule has 3 rings (SSSR count). The average molecular weight is 416 g/mol. The highest BCUT2D eigenvalue weighted by Gasteiger charge is 2.28. The molecule has 1 aliphatic carbocycles. The summed E-state index contributed by atoms with van der Waals surface area (Å²) in [6.45, 7) is 5.30. The van der Waals surface area contributed by atoms with Gasteiger partial charge in [-0.1, -0.05) is 37.9 Å². The third kappa shape index (κ3) is 5.90. The molecular formula is C22H30ClN5O. The topological polar surface area (TPSA) is 92.9 Å². The Morgan fingerprint density at radius 1 is 1.34 bits per heavy atom. The number of aromatic nitrogens is 2. The first-order chi connectivity index (χ1) is 14.0. The molecule has 0 radical (unpaired) electrons. The van der Waals surface area contributed by atoms with Gasteiger partial charge in [-0.15, -0.1) is 0 Å². The summed E-state index contributed by atoms with van der Waals surface area (Å²) in [4.78, 5) is 21.4. The van der Waals surface area contributed by atoms with Crippen molar-refractivity contribution in [2.75, 3.05) is 17.2 Å². The number of nitrogens with one attached hydrogen (secondary N) is 2. The Morgan fingerprint density at radius 2 is 2.17 bits per heavy atom. The van der Waals surface area contributed by atoms with Crippen molar-refractivity contribution in [3.63, 3.8) is 0 Å². The van der Waals surface area contributed by atoms with E-state index in [1.165, 1.54) is 12.8 Å². The molecule has 1 aliphatic rings. The second kappa shape index (κ2) is 10.0. The molecule has 0 spiro atoms. The Kier molecular flexibility index (Phi) is 7.45. The summed E-state index contributed by atoms with van der Waals surface area (Å²) in [7, 11) is 0. The molecule has 0 aliphatic heterocycles. The minimum Gasteiger partial charge on any atom is -0.370 e. The molecule has 2 aromatic rings. The van der Waals surface area contributed by atoms with Crippen LogP contribution in [0.2, 0.25) is 5.02 Å². The number of pyridine rings is 2. The van der Waals surface area contributed by atoms with Crippen molar-refractivity contribution in [3.05, 3.63) is 35.5 Å². The SMILES string of the molecule is CCCC(C)CNc1cccc(-c2cc(NC(=O)C3CCC(N)C3)ncc2Cl)n1. The number of anilines is 2. The number of hydrogen-bond donors (Lipinski definition) is 3. The highest BCUT2D eigenvalue weighted by atomic mass is 35.5. The van der Waals surface area contributed by atoms with Crippen LogP contribution in [0.5, 0.6) is 0 Å². The van der Waals surface area contributed by atoms with Gasteiger partial charge >= 0.3 is 0 Å². The van der Waals surface area contributed by atoms with E-state index in [9.17, 15) is 4.79 Å². The summed E-state index contributed by atoms with van der Waals surface area (Å²) < 4.78 is 0. The average Bonchev–Trinajstić information content (AvgIpc) is 3.15. The third-order valence-corrected chi connectivity index (χ3v) is 5.69.